The quantitative estimate of drug-likeness (QED) is 0.686. The highest BCUT2D eigenvalue weighted by atomic mass is 16.4. The molecule has 1 saturated carbocycles. The van der Waals surface area contributed by atoms with Gasteiger partial charge in [-0.3, -0.25) is 4.79 Å². The van der Waals surface area contributed by atoms with Crippen LogP contribution in [0.4, 0.5) is 4.79 Å². The maximum absolute atomic E-state index is 11.7. The van der Waals surface area contributed by atoms with Crippen molar-refractivity contribution in [2.24, 2.45) is 17.3 Å². The first-order chi connectivity index (χ1) is 7.32. The monoisotopic (exact) mass is 225 g/mol. The van der Waals surface area contributed by atoms with E-state index in [9.17, 15) is 14.7 Å². The van der Waals surface area contributed by atoms with Crippen LogP contribution >= 0.6 is 0 Å². The van der Waals surface area contributed by atoms with Gasteiger partial charge in [-0.15, -0.1) is 0 Å². The molecule has 0 radical (unpaired) electrons. The van der Waals surface area contributed by atoms with E-state index in [0.717, 1.165) is 6.42 Å². The Balaban J connectivity index is 2.31. The fourth-order valence-corrected chi connectivity index (χ4v) is 3.41. The smallest absolute Gasteiger partial charge is 0.407 e. The average molecular weight is 225 g/mol. The molecule has 0 aromatic rings. The number of rotatable bonds is 0. The number of Topliss-reactive ketones (excluding diaryl/α,β-unsaturated/α-hetero) is 1. The molecule has 4 nitrogen and oxygen atoms in total. The zero-order valence-electron chi connectivity index (χ0n) is 10.1. The van der Waals surface area contributed by atoms with Gasteiger partial charge >= 0.3 is 6.09 Å². The largest absolute Gasteiger partial charge is 0.465 e. The Morgan fingerprint density at radius 1 is 1.44 bits per heavy atom. The van der Waals surface area contributed by atoms with E-state index < -0.39 is 6.09 Å². The van der Waals surface area contributed by atoms with Crippen molar-refractivity contribution >= 4 is 11.9 Å². The maximum Gasteiger partial charge on any atom is 0.407 e. The van der Waals surface area contributed by atoms with Gasteiger partial charge in [0.2, 0.25) is 0 Å². The van der Waals surface area contributed by atoms with E-state index in [1.165, 1.54) is 4.90 Å². The van der Waals surface area contributed by atoms with Gasteiger partial charge in [0.05, 0.1) is 0 Å². The molecule has 1 aliphatic carbocycles. The normalized spacial score (nSPS) is 34.3. The number of carboxylic acid groups (broad SMARTS) is 1. The highest BCUT2D eigenvalue weighted by molar-refractivity contribution is 5.85. The number of likely N-dealkylation sites (tertiary alicyclic amines) is 1. The van der Waals surface area contributed by atoms with Gasteiger partial charge < -0.3 is 10.0 Å². The molecule has 0 bridgehead atoms. The third-order valence-electron chi connectivity index (χ3n) is 3.92. The minimum Gasteiger partial charge on any atom is -0.465 e. The fourth-order valence-electron chi connectivity index (χ4n) is 3.41. The van der Waals surface area contributed by atoms with E-state index in [-0.39, 0.29) is 29.1 Å². The number of hydrogen-bond acceptors (Lipinski definition) is 2. The summed E-state index contributed by atoms with van der Waals surface area (Å²) in [5.41, 5.74) is -0.0948. The van der Waals surface area contributed by atoms with Crippen molar-refractivity contribution in [2.45, 2.75) is 39.7 Å². The molecule has 1 heterocycles. The molecule has 90 valence electrons. The lowest BCUT2D eigenvalue weighted by Crippen LogP contribution is -2.45. The lowest BCUT2D eigenvalue weighted by Gasteiger charge is -2.36. The summed E-state index contributed by atoms with van der Waals surface area (Å²) in [5.74, 6) is 0.451. The second-order valence-electron chi connectivity index (χ2n) is 6.02. The highest BCUT2D eigenvalue weighted by Crippen LogP contribution is 2.46. The number of carbonyl (C=O) groups excluding carboxylic acids is 1. The minimum absolute atomic E-state index is 0.0125. The first-order valence-corrected chi connectivity index (χ1v) is 5.84. The van der Waals surface area contributed by atoms with Crippen molar-refractivity contribution in [3.05, 3.63) is 0 Å². The summed E-state index contributed by atoms with van der Waals surface area (Å²) in [6, 6.07) is -0.0125. The second-order valence-corrected chi connectivity index (χ2v) is 6.02. The molecule has 1 N–H and O–H groups in total. The van der Waals surface area contributed by atoms with Crippen molar-refractivity contribution in [1.29, 1.82) is 0 Å². The van der Waals surface area contributed by atoms with E-state index >= 15 is 0 Å². The molecule has 4 heteroatoms. The van der Waals surface area contributed by atoms with Crippen molar-refractivity contribution in [3.63, 3.8) is 0 Å². The first kappa shape index (κ1) is 11.4. The third kappa shape index (κ3) is 1.60. The fraction of sp³-hybridized carbons (Fsp3) is 0.833. The van der Waals surface area contributed by atoms with Gasteiger partial charge in [0.1, 0.15) is 5.78 Å². The molecule has 1 saturated heterocycles. The number of ketones is 1. The summed E-state index contributed by atoms with van der Waals surface area (Å²) < 4.78 is 0. The van der Waals surface area contributed by atoms with Gasteiger partial charge in [0, 0.05) is 24.9 Å². The van der Waals surface area contributed by atoms with Crippen molar-refractivity contribution in [3.8, 4) is 0 Å². The average Bonchev–Trinajstić information content (AvgIpc) is 2.64. The molecule has 2 rings (SSSR count). The Morgan fingerprint density at radius 2 is 2.06 bits per heavy atom. The van der Waals surface area contributed by atoms with Crippen LogP contribution in [0.5, 0.6) is 0 Å². The number of carbonyl (C=O) groups is 2. The third-order valence-corrected chi connectivity index (χ3v) is 3.92. The standard InChI is InChI=1S/C12H19NO3/c1-12(2,3)10-7-4-5-9(14)8(7)6-13(10)11(15)16/h7-8,10H,4-6H2,1-3H3,(H,15,16)/t7-,8-,10?/m0/s1. The van der Waals surface area contributed by atoms with Crippen LogP contribution < -0.4 is 0 Å². The minimum atomic E-state index is -0.887. The molecule has 16 heavy (non-hydrogen) atoms. The number of fused-ring (bicyclic) bond motifs is 1. The predicted octanol–water partition coefficient (Wildman–Crippen LogP) is 1.99. The molecule has 0 aromatic heterocycles. The first-order valence-electron chi connectivity index (χ1n) is 5.84. The predicted molar refractivity (Wildman–Crippen MR) is 59.2 cm³/mol. The Labute approximate surface area is 95.6 Å². The Bertz CT molecular complexity index is 332. The van der Waals surface area contributed by atoms with E-state index in [0.29, 0.717) is 13.0 Å². The second kappa shape index (κ2) is 3.47. The van der Waals surface area contributed by atoms with Crippen LogP contribution in [0.1, 0.15) is 33.6 Å². The number of amides is 1. The van der Waals surface area contributed by atoms with Crippen molar-refractivity contribution in [1.82, 2.24) is 4.90 Å². The topological polar surface area (TPSA) is 57.6 Å². The van der Waals surface area contributed by atoms with Crippen LogP contribution in [0, 0.1) is 17.3 Å². The lowest BCUT2D eigenvalue weighted by atomic mass is 9.77. The van der Waals surface area contributed by atoms with Crippen LogP contribution in [0.25, 0.3) is 0 Å². The van der Waals surface area contributed by atoms with Gasteiger partial charge in [0.25, 0.3) is 0 Å². The summed E-state index contributed by atoms with van der Waals surface area (Å²) in [6.45, 7) is 6.57. The summed E-state index contributed by atoms with van der Waals surface area (Å²) in [4.78, 5) is 24.4. The van der Waals surface area contributed by atoms with Gasteiger partial charge in [-0.25, -0.2) is 4.79 Å². The number of hydrogen-bond donors (Lipinski definition) is 1. The molecule has 0 spiro atoms. The Morgan fingerprint density at radius 3 is 2.56 bits per heavy atom. The lowest BCUT2D eigenvalue weighted by molar-refractivity contribution is -0.120. The molecule has 1 aliphatic heterocycles. The zero-order valence-corrected chi connectivity index (χ0v) is 10.1. The molecule has 1 amide bonds. The van der Waals surface area contributed by atoms with Crippen LogP contribution in [-0.2, 0) is 4.79 Å². The molecule has 2 aliphatic rings. The SMILES string of the molecule is CC(C)(C)C1[C@H]2CCC(=O)[C@H]2CN1C(=O)O. The summed E-state index contributed by atoms with van der Waals surface area (Å²) in [5, 5.41) is 9.20. The van der Waals surface area contributed by atoms with E-state index in [2.05, 4.69) is 20.8 Å². The van der Waals surface area contributed by atoms with Crippen LogP contribution in [-0.4, -0.2) is 34.5 Å². The highest BCUT2D eigenvalue weighted by Gasteiger charge is 2.53. The van der Waals surface area contributed by atoms with Crippen LogP contribution in [0.2, 0.25) is 0 Å². The Kier molecular flexibility index (Phi) is 2.48. The van der Waals surface area contributed by atoms with Gasteiger partial charge in [0.15, 0.2) is 0 Å². The van der Waals surface area contributed by atoms with Crippen LogP contribution in [0.3, 0.4) is 0 Å². The molecule has 0 aromatic carbocycles. The van der Waals surface area contributed by atoms with E-state index in [1.54, 1.807) is 0 Å². The van der Waals surface area contributed by atoms with E-state index in [1.807, 2.05) is 0 Å². The van der Waals surface area contributed by atoms with Gasteiger partial charge in [-0.2, -0.15) is 0 Å². The molecular formula is C12H19NO3. The van der Waals surface area contributed by atoms with E-state index in [4.69, 9.17) is 0 Å². The molecular weight excluding hydrogens is 206 g/mol. The summed E-state index contributed by atoms with van der Waals surface area (Å²) >= 11 is 0. The van der Waals surface area contributed by atoms with Crippen molar-refractivity contribution < 1.29 is 14.7 Å². The van der Waals surface area contributed by atoms with Gasteiger partial charge in [-0.05, 0) is 17.8 Å². The Hall–Kier alpha value is -1.06. The van der Waals surface area contributed by atoms with Crippen LogP contribution in [0.15, 0.2) is 0 Å². The molecule has 3 atom stereocenters. The molecule has 2 fully saturated rings. The molecule has 1 unspecified atom stereocenters. The van der Waals surface area contributed by atoms with Crippen molar-refractivity contribution in [2.75, 3.05) is 6.54 Å². The zero-order chi connectivity index (χ0) is 12.1. The number of nitrogens with zero attached hydrogens (tertiary/aromatic N) is 1. The van der Waals surface area contributed by atoms with Gasteiger partial charge in [-0.1, -0.05) is 20.8 Å². The maximum atomic E-state index is 11.7. The summed E-state index contributed by atoms with van der Waals surface area (Å²) in [7, 11) is 0. The summed E-state index contributed by atoms with van der Waals surface area (Å²) in [6.07, 6.45) is 0.604.